The van der Waals surface area contributed by atoms with Gasteiger partial charge in [0.15, 0.2) is 0 Å². The van der Waals surface area contributed by atoms with Gasteiger partial charge in [-0.25, -0.2) is 9.78 Å². The van der Waals surface area contributed by atoms with Gasteiger partial charge in [0.05, 0.1) is 12.1 Å². The van der Waals surface area contributed by atoms with E-state index in [4.69, 9.17) is 4.74 Å². The third kappa shape index (κ3) is 3.85. The number of hydrogen-bond acceptors (Lipinski definition) is 7. The van der Waals surface area contributed by atoms with Crippen LogP contribution in [0, 0.1) is 0 Å². The fourth-order valence-corrected chi connectivity index (χ4v) is 3.57. The number of ether oxygens (including phenoxy) is 1. The van der Waals surface area contributed by atoms with E-state index >= 15 is 0 Å². The summed E-state index contributed by atoms with van der Waals surface area (Å²) in [5.74, 6) is -0.893. The lowest BCUT2D eigenvalue weighted by Crippen LogP contribution is -2.70. The zero-order valence-corrected chi connectivity index (χ0v) is 16.1. The molecule has 3 fully saturated rings. The van der Waals surface area contributed by atoms with Crippen molar-refractivity contribution in [2.75, 3.05) is 18.0 Å². The van der Waals surface area contributed by atoms with E-state index in [0.717, 1.165) is 6.42 Å². The van der Waals surface area contributed by atoms with Gasteiger partial charge in [0, 0.05) is 24.8 Å². The van der Waals surface area contributed by atoms with Crippen LogP contribution in [0.3, 0.4) is 0 Å². The minimum Gasteiger partial charge on any atom is -0.444 e. The molecule has 156 valence electrons. The summed E-state index contributed by atoms with van der Waals surface area (Å²) in [5, 5.41) is 3.35. The number of carbonyl (C=O) groups excluding carboxylic acids is 1. The minimum absolute atomic E-state index is 0.0524. The summed E-state index contributed by atoms with van der Waals surface area (Å²) in [5.41, 5.74) is -0.218. The summed E-state index contributed by atoms with van der Waals surface area (Å²) >= 11 is 0. The van der Waals surface area contributed by atoms with Crippen LogP contribution in [-0.2, 0) is 10.9 Å². The molecule has 2 aromatic rings. The molecule has 2 atom stereocenters. The largest absolute Gasteiger partial charge is 0.471 e. The molecule has 2 aromatic heterocycles. The van der Waals surface area contributed by atoms with E-state index in [0.29, 0.717) is 24.5 Å². The molecule has 2 bridgehead atoms. The van der Waals surface area contributed by atoms with E-state index in [2.05, 4.69) is 19.6 Å². The normalized spacial score (nSPS) is 21.7. The molecule has 0 N–H and O–H groups in total. The minimum atomic E-state index is -4.69. The molecule has 0 aliphatic carbocycles. The second-order valence-electron chi connectivity index (χ2n) is 8.16. The van der Waals surface area contributed by atoms with Crippen LogP contribution in [-0.4, -0.2) is 56.9 Å². The molecule has 0 saturated carbocycles. The van der Waals surface area contributed by atoms with Crippen molar-refractivity contribution >= 4 is 11.9 Å². The molecule has 3 aliphatic heterocycles. The highest BCUT2D eigenvalue weighted by Gasteiger charge is 2.49. The maximum Gasteiger partial charge on any atom is 0.471 e. The average Bonchev–Trinajstić information content (AvgIpc) is 3.10. The molecule has 5 heterocycles. The number of amides is 1. The Morgan fingerprint density at radius 2 is 1.90 bits per heavy atom. The Morgan fingerprint density at radius 3 is 2.41 bits per heavy atom. The number of rotatable bonds is 2. The molecule has 11 heteroatoms. The summed E-state index contributed by atoms with van der Waals surface area (Å²) < 4.78 is 47.5. The van der Waals surface area contributed by atoms with Crippen LogP contribution in [0.5, 0.6) is 0 Å². The molecule has 5 rings (SSSR count). The number of hydrogen-bond donors (Lipinski definition) is 0. The van der Waals surface area contributed by atoms with Gasteiger partial charge in [-0.1, -0.05) is 5.16 Å². The second-order valence-corrected chi connectivity index (χ2v) is 8.16. The Balaban J connectivity index is 1.41. The van der Waals surface area contributed by atoms with Crippen molar-refractivity contribution in [1.29, 1.82) is 0 Å². The van der Waals surface area contributed by atoms with Crippen LogP contribution >= 0.6 is 0 Å². The van der Waals surface area contributed by atoms with Crippen molar-refractivity contribution in [3.8, 4) is 11.4 Å². The molecule has 0 radical (unpaired) electrons. The fraction of sp³-hybridized carbons (Fsp3) is 0.556. The number of pyridine rings is 1. The molecular formula is C18H20F3N5O3. The van der Waals surface area contributed by atoms with Crippen LogP contribution in [0.2, 0.25) is 0 Å². The van der Waals surface area contributed by atoms with Crippen molar-refractivity contribution in [1.82, 2.24) is 20.0 Å². The van der Waals surface area contributed by atoms with E-state index in [9.17, 15) is 18.0 Å². The zero-order chi connectivity index (χ0) is 21.0. The predicted octanol–water partition coefficient (Wildman–Crippen LogP) is 3.35. The van der Waals surface area contributed by atoms with Crippen molar-refractivity contribution in [3.05, 3.63) is 24.2 Å². The lowest BCUT2D eigenvalue weighted by Gasteiger charge is -2.56. The van der Waals surface area contributed by atoms with Crippen molar-refractivity contribution in [2.45, 2.75) is 51.1 Å². The smallest absolute Gasteiger partial charge is 0.444 e. The van der Waals surface area contributed by atoms with Gasteiger partial charge < -0.3 is 14.2 Å². The molecule has 29 heavy (non-hydrogen) atoms. The quantitative estimate of drug-likeness (QED) is 0.749. The summed E-state index contributed by atoms with van der Waals surface area (Å²) in [4.78, 5) is 23.8. The molecule has 3 aliphatic rings. The lowest BCUT2D eigenvalue weighted by molar-refractivity contribution is -0.159. The number of piperidine rings is 1. The number of nitrogens with zero attached hydrogens (tertiary/aromatic N) is 5. The van der Waals surface area contributed by atoms with Gasteiger partial charge in [-0.15, -0.1) is 0 Å². The Hall–Kier alpha value is -2.85. The van der Waals surface area contributed by atoms with Crippen LogP contribution in [0.25, 0.3) is 11.4 Å². The first kappa shape index (κ1) is 19.5. The van der Waals surface area contributed by atoms with Gasteiger partial charge in [0.25, 0.3) is 0 Å². The summed E-state index contributed by atoms with van der Waals surface area (Å²) in [7, 11) is 0. The number of anilines is 1. The zero-order valence-electron chi connectivity index (χ0n) is 16.1. The molecular weight excluding hydrogens is 391 g/mol. The van der Waals surface area contributed by atoms with Gasteiger partial charge in [0.1, 0.15) is 11.4 Å². The Bertz CT molecular complexity index is 895. The molecule has 3 saturated heterocycles. The Kier molecular flexibility index (Phi) is 4.43. The van der Waals surface area contributed by atoms with E-state index in [1.807, 2.05) is 25.7 Å². The first-order chi connectivity index (χ1) is 13.5. The van der Waals surface area contributed by atoms with Gasteiger partial charge in [-0.05, 0) is 39.3 Å². The third-order valence-electron chi connectivity index (χ3n) is 4.80. The highest BCUT2D eigenvalue weighted by Crippen LogP contribution is 2.36. The number of fused-ring (bicyclic) bond motifs is 2. The van der Waals surface area contributed by atoms with Gasteiger partial charge >= 0.3 is 18.2 Å². The number of carbonyl (C=O) groups is 1. The molecule has 1 amide bonds. The Labute approximate surface area is 164 Å². The second kappa shape index (κ2) is 6.60. The number of halogens is 3. The summed E-state index contributed by atoms with van der Waals surface area (Å²) in [6.07, 6.45) is -2.67. The molecule has 0 spiro atoms. The number of alkyl halides is 3. The van der Waals surface area contributed by atoms with Crippen molar-refractivity contribution < 1.29 is 27.2 Å². The monoisotopic (exact) mass is 411 g/mol. The predicted molar refractivity (Wildman–Crippen MR) is 95.0 cm³/mol. The van der Waals surface area contributed by atoms with Gasteiger partial charge in [0.2, 0.25) is 5.82 Å². The first-order valence-corrected chi connectivity index (χ1v) is 9.15. The van der Waals surface area contributed by atoms with Crippen LogP contribution < -0.4 is 4.90 Å². The highest BCUT2D eigenvalue weighted by molar-refractivity contribution is 5.71. The van der Waals surface area contributed by atoms with Crippen molar-refractivity contribution in [2.24, 2.45) is 0 Å². The van der Waals surface area contributed by atoms with E-state index in [1.54, 1.807) is 17.0 Å². The standard InChI is InChI=1S/C18H20F3N5O3/c1-17(2,3)28-16(27)26-11-6-12(26)9-25(8-11)13-5-4-10(7-22-13)14-23-15(29-24-14)18(19,20)21/h4-5,7,11-12H,6,8-9H2,1-3H3. The van der Waals surface area contributed by atoms with Crippen LogP contribution in [0.4, 0.5) is 23.8 Å². The number of piperazine rings is 1. The van der Waals surface area contributed by atoms with Gasteiger partial charge in [-0.2, -0.15) is 18.2 Å². The SMILES string of the molecule is CC(C)(C)OC(=O)N1C2CC1CN(c1ccc(-c3noc(C(F)(F)F)n3)cn1)C2. The van der Waals surface area contributed by atoms with E-state index in [-0.39, 0.29) is 24.0 Å². The lowest BCUT2D eigenvalue weighted by atomic mass is 9.88. The van der Waals surface area contributed by atoms with Crippen LogP contribution in [0.15, 0.2) is 22.9 Å². The first-order valence-electron chi connectivity index (χ1n) is 9.15. The topological polar surface area (TPSA) is 84.6 Å². The van der Waals surface area contributed by atoms with Gasteiger partial charge in [-0.3, -0.25) is 4.90 Å². The maximum atomic E-state index is 12.6. The van der Waals surface area contributed by atoms with Crippen molar-refractivity contribution in [3.63, 3.8) is 0 Å². The van der Waals surface area contributed by atoms with E-state index < -0.39 is 17.7 Å². The third-order valence-corrected chi connectivity index (χ3v) is 4.80. The summed E-state index contributed by atoms with van der Waals surface area (Å²) in [6, 6.07) is 3.40. The summed E-state index contributed by atoms with van der Waals surface area (Å²) in [6.45, 7) is 6.73. The number of aromatic nitrogens is 3. The average molecular weight is 411 g/mol. The highest BCUT2D eigenvalue weighted by atomic mass is 19.4. The Morgan fingerprint density at radius 1 is 1.21 bits per heavy atom. The maximum absolute atomic E-state index is 12.6. The molecule has 2 unspecified atom stereocenters. The molecule has 8 nitrogen and oxygen atoms in total. The molecule has 0 aromatic carbocycles. The fourth-order valence-electron chi connectivity index (χ4n) is 3.57. The van der Waals surface area contributed by atoms with E-state index in [1.165, 1.54) is 6.20 Å². The van der Waals surface area contributed by atoms with Crippen LogP contribution in [0.1, 0.15) is 33.1 Å².